The van der Waals surface area contributed by atoms with Crippen LogP contribution in [0.2, 0.25) is 0 Å². The van der Waals surface area contributed by atoms with Gasteiger partial charge in [-0.1, -0.05) is 17.3 Å². The summed E-state index contributed by atoms with van der Waals surface area (Å²) in [6.07, 6.45) is 5.18. The van der Waals surface area contributed by atoms with Gasteiger partial charge in [0.25, 0.3) is 0 Å². The number of aryl methyl sites for hydroxylation is 1. The summed E-state index contributed by atoms with van der Waals surface area (Å²) >= 11 is 0. The van der Waals surface area contributed by atoms with E-state index >= 15 is 0 Å². The van der Waals surface area contributed by atoms with E-state index in [1.165, 1.54) is 0 Å². The van der Waals surface area contributed by atoms with Crippen molar-refractivity contribution in [3.63, 3.8) is 0 Å². The Balaban J connectivity index is 1.53. The highest BCUT2D eigenvalue weighted by molar-refractivity contribution is 5.82. The number of rotatable bonds is 5. The Labute approximate surface area is 126 Å². The van der Waals surface area contributed by atoms with Crippen molar-refractivity contribution in [1.82, 2.24) is 25.4 Å². The third-order valence-corrected chi connectivity index (χ3v) is 3.08. The topological polar surface area (TPSA) is 85.1 Å². The lowest BCUT2D eigenvalue weighted by Gasteiger charge is -2.01. The zero-order valence-corrected chi connectivity index (χ0v) is 11.8. The number of hydrogen-bond acceptors (Lipinski definition) is 5. The second kappa shape index (κ2) is 6.57. The van der Waals surface area contributed by atoms with E-state index in [-0.39, 0.29) is 12.3 Å². The standard InChI is InChI=1S/C15H14N6O/c22-15(19-17-11-12-5-8-16-9-6-12)7-10-21-14-4-2-1-3-13(14)18-20-21/h1-6,8-9,11H,7,10H2,(H,19,22)/b17-11-. The predicted octanol–water partition coefficient (Wildman–Crippen LogP) is 1.37. The Kier molecular flexibility index (Phi) is 4.15. The van der Waals surface area contributed by atoms with E-state index in [0.29, 0.717) is 6.54 Å². The van der Waals surface area contributed by atoms with Gasteiger partial charge in [0, 0.05) is 18.8 Å². The van der Waals surface area contributed by atoms with Crippen LogP contribution >= 0.6 is 0 Å². The smallest absolute Gasteiger partial charge is 0.241 e. The molecule has 2 heterocycles. The molecule has 1 amide bonds. The third-order valence-electron chi connectivity index (χ3n) is 3.08. The van der Waals surface area contributed by atoms with Crippen LogP contribution in [0.15, 0.2) is 53.9 Å². The minimum Gasteiger partial charge on any atom is -0.273 e. The molecule has 3 rings (SSSR count). The number of para-hydroxylation sites is 1. The van der Waals surface area contributed by atoms with E-state index in [2.05, 4.69) is 25.8 Å². The molecule has 22 heavy (non-hydrogen) atoms. The minimum absolute atomic E-state index is 0.176. The van der Waals surface area contributed by atoms with Crippen LogP contribution in [0, 0.1) is 0 Å². The summed E-state index contributed by atoms with van der Waals surface area (Å²) in [5.74, 6) is -0.176. The molecule has 0 unspecified atom stereocenters. The first-order valence-electron chi connectivity index (χ1n) is 6.83. The van der Waals surface area contributed by atoms with Crippen molar-refractivity contribution in [3.05, 3.63) is 54.4 Å². The molecule has 7 heteroatoms. The first-order chi connectivity index (χ1) is 10.8. The molecule has 0 aliphatic heterocycles. The lowest BCUT2D eigenvalue weighted by molar-refractivity contribution is -0.121. The minimum atomic E-state index is -0.176. The van der Waals surface area contributed by atoms with Crippen LogP contribution in [0.3, 0.4) is 0 Å². The highest BCUT2D eigenvalue weighted by atomic mass is 16.2. The molecule has 0 spiro atoms. The van der Waals surface area contributed by atoms with Crippen molar-refractivity contribution in [2.45, 2.75) is 13.0 Å². The zero-order chi connectivity index (χ0) is 15.2. The maximum Gasteiger partial charge on any atom is 0.241 e. The number of benzene rings is 1. The Bertz CT molecular complexity index is 796. The zero-order valence-electron chi connectivity index (χ0n) is 11.8. The Hall–Kier alpha value is -3.09. The number of amides is 1. The first-order valence-corrected chi connectivity index (χ1v) is 6.83. The molecule has 0 radical (unpaired) electrons. The Morgan fingerprint density at radius 1 is 1.23 bits per heavy atom. The molecule has 7 nitrogen and oxygen atoms in total. The molecule has 0 aliphatic carbocycles. The van der Waals surface area contributed by atoms with Gasteiger partial charge in [-0.2, -0.15) is 5.10 Å². The molecule has 1 aromatic carbocycles. The average molecular weight is 294 g/mol. The van der Waals surface area contributed by atoms with Gasteiger partial charge in [0.05, 0.1) is 18.3 Å². The molecular weight excluding hydrogens is 280 g/mol. The maximum atomic E-state index is 11.8. The van der Waals surface area contributed by atoms with Gasteiger partial charge in [-0.3, -0.25) is 9.78 Å². The Morgan fingerprint density at radius 2 is 2.05 bits per heavy atom. The second-order valence-electron chi connectivity index (χ2n) is 4.63. The van der Waals surface area contributed by atoms with Crippen LogP contribution in [0.5, 0.6) is 0 Å². The van der Waals surface area contributed by atoms with Gasteiger partial charge >= 0.3 is 0 Å². The molecule has 2 aromatic heterocycles. The summed E-state index contributed by atoms with van der Waals surface area (Å²) in [4.78, 5) is 15.7. The normalized spacial score (nSPS) is 11.1. The summed E-state index contributed by atoms with van der Waals surface area (Å²) in [7, 11) is 0. The number of carbonyl (C=O) groups is 1. The van der Waals surface area contributed by atoms with Crippen LogP contribution in [0.4, 0.5) is 0 Å². The van der Waals surface area contributed by atoms with Gasteiger partial charge in [0.15, 0.2) is 0 Å². The van der Waals surface area contributed by atoms with E-state index in [4.69, 9.17) is 0 Å². The number of hydrogen-bond donors (Lipinski definition) is 1. The van der Waals surface area contributed by atoms with Crippen molar-refractivity contribution in [2.24, 2.45) is 5.10 Å². The Morgan fingerprint density at radius 3 is 2.91 bits per heavy atom. The molecule has 0 saturated carbocycles. The molecule has 0 fully saturated rings. The van der Waals surface area contributed by atoms with E-state index in [9.17, 15) is 4.79 Å². The highest BCUT2D eigenvalue weighted by Gasteiger charge is 2.05. The van der Waals surface area contributed by atoms with Gasteiger partial charge in [-0.05, 0) is 29.8 Å². The maximum absolute atomic E-state index is 11.8. The summed E-state index contributed by atoms with van der Waals surface area (Å²) in [5, 5.41) is 12.0. The van der Waals surface area contributed by atoms with E-state index < -0.39 is 0 Å². The van der Waals surface area contributed by atoms with Gasteiger partial charge < -0.3 is 0 Å². The van der Waals surface area contributed by atoms with E-state index in [1.54, 1.807) is 35.4 Å². The fraction of sp³-hybridized carbons (Fsp3) is 0.133. The van der Waals surface area contributed by atoms with Crippen LogP contribution in [-0.2, 0) is 11.3 Å². The molecule has 110 valence electrons. The number of carbonyl (C=O) groups excluding carboxylic acids is 1. The summed E-state index contributed by atoms with van der Waals surface area (Å²) in [6, 6.07) is 11.2. The molecule has 3 aromatic rings. The fourth-order valence-electron chi connectivity index (χ4n) is 1.97. The summed E-state index contributed by atoms with van der Waals surface area (Å²) in [5.41, 5.74) is 5.09. The second-order valence-corrected chi connectivity index (χ2v) is 4.63. The van der Waals surface area contributed by atoms with Crippen LogP contribution in [-0.4, -0.2) is 32.1 Å². The molecular formula is C15H14N6O. The lowest BCUT2D eigenvalue weighted by Crippen LogP contribution is -2.19. The van der Waals surface area contributed by atoms with Crippen LogP contribution < -0.4 is 5.43 Å². The molecule has 0 atom stereocenters. The molecule has 0 aliphatic rings. The van der Waals surface area contributed by atoms with Crippen molar-refractivity contribution in [1.29, 1.82) is 0 Å². The average Bonchev–Trinajstić information content (AvgIpc) is 2.97. The lowest BCUT2D eigenvalue weighted by atomic mass is 10.3. The number of nitrogens with one attached hydrogen (secondary N) is 1. The van der Waals surface area contributed by atoms with Gasteiger partial charge in [-0.15, -0.1) is 5.10 Å². The van der Waals surface area contributed by atoms with Crippen molar-refractivity contribution < 1.29 is 4.79 Å². The molecule has 0 bridgehead atoms. The summed E-state index contributed by atoms with van der Waals surface area (Å²) < 4.78 is 1.71. The van der Waals surface area contributed by atoms with Crippen molar-refractivity contribution in [3.8, 4) is 0 Å². The van der Waals surface area contributed by atoms with Crippen molar-refractivity contribution >= 4 is 23.2 Å². The van der Waals surface area contributed by atoms with Crippen molar-refractivity contribution in [2.75, 3.05) is 0 Å². The number of fused-ring (bicyclic) bond motifs is 1. The number of hydrazone groups is 1. The first kappa shape index (κ1) is 13.9. The molecule has 1 N–H and O–H groups in total. The van der Waals surface area contributed by atoms with E-state index in [0.717, 1.165) is 16.6 Å². The predicted molar refractivity (Wildman–Crippen MR) is 82.1 cm³/mol. The number of pyridine rings is 1. The van der Waals surface area contributed by atoms with Gasteiger partial charge in [0.1, 0.15) is 5.52 Å². The number of aromatic nitrogens is 4. The van der Waals surface area contributed by atoms with Gasteiger partial charge in [0.2, 0.25) is 5.91 Å². The van der Waals surface area contributed by atoms with E-state index in [1.807, 2.05) is 24.3 Å². The van der Waals surface area contributed by atoms with Gasteiger partial charge in [-0.25, -0.2) is 10.1 Å². The van der Waals surface area contributed by atoms with Crippen LogP contribution in [0.25, 0.3) is 11.0 Å². The van der Waals surface area contributed by atoms with Crippen LogP contribution in [0.1, 0.15) is 12.0 Å². The molecule has 0 saturated heterocycles. The monoisotopic (exact) mass is 294 g/mol. The SMILES string of the molecule is O=C(CCn1nnc2ccccc21)N/N=C\c1ccncc1. The fourth-order valence-corrected chi connectivity index (χ4v) is 1.97. The third kappa shape index (κ3) is 3.32. The quantitative estimate of drug-likeness (QED) is 0.569. The highest BCUT2D eigenvalue weighted by Crippen LogP contribution is 2.09. The largest absolute Gasteiger partial charge is 0.273 e. The number of nitrogens with zero attached hydrogens (tertiary/aromatic N) is 5. The summed E-state index contributed by atoms with van der Waals surface area (Å²) in [6.45, 7) is 0.455.